The van der Waals surface area contributed by atoms with Gasteiger partial charge in [0.25, 0.3) is 0 Å². The summed E-state index contributed by atoms with van der Waals surface area (Å²) in [4.78, 5) is 4.42. The maximum absolute atomic E-state index is 4.42. The molecule has 0 saturated carbocycles. The summed E-state index contributed by atoms with van der Waals surface area (Å²) in [6.07, 6.45) is 2.74. The number of hydrogen-bond acceptors (Lipinski definition) is 3. The smallest absolute Gasteiger partial charge is 0.131 e. The van der Waals surface area contributed by atoms with E-state index in [1.165, 1.54) is 11.1 Å². The van der Waals surface area contributed by atoms with Crippen LogP contribution in [0.5, 0.6) is 0 Å². The molecule has 0 aliphatic rings. The topological polar surface area (TPSA) is 37.0 Å². The minimum absolute atomic E-state index is 0.846. The molecule has 2 N–H and O–H groups in total. The average Bonchev–Trinajstić information content (AvgIpc) is 2.20. The van der Waals surface area contributed by atoms with E-state index in [4.69, 9.17) is 0 Å². The molecule has 3 heteroatoms. The van der Waals surface area contributed by atoms with Gasteiger partial charge in [0.15, 0.2) is 0 Å². The second kappa shape index (κ2) is 4.65. The minimum Gasteiger partial charge on any atom is -0.373 e. The first-order chi connectivity index (χ1) is 6.72. The Balaban J connectivity index is 3.19. The van der Waals surface area contributed by atoms with Crippen LogP contribution in [0.25, 0.3) is 0 Å². The molecule has 1 heterocycles. The molecular weight excluding hydrogens is 174 g/mol. The fourth-order valence-corrected chi connectivity index (χ4v) is 1.44. The van der Waals surface area contributed by atoms with E-state index in [1.807, 2.05) is 26.2 Å². The molecule has 0 radical (unpaired) electrons. The molecule has 0 saturated heterocycles. The zero-order valence-corrected chi connectivity index (χ0v) is 9.02. The largest absolute Gasteiger partial charge is 0.373 e. The molecule has 0 aliphatic carbocycles. The number of nitrogens with zero attached hydrogens (tertiary/aromatic N) is 1. The summed E-state index contributed by atoms with van der Waals surface area (Å²) in [6, 6.07) is 2.04. The highest BCUT2D eigenvalue weighted by atomic mass is 15.0. The van der Waals surface area contributed by atoms with Crippen molar-refractivity contribution in [2.45, 2.75) is 13.3 Å². The van der Waals surface area contributed by atoms with E-state index < -0.39 is 0 Å². The molecule has 0 fully saturated rings. The van der Waals surface area contributed by atoms with E-state index in [-0.39, 0.29) is 0 Å². The van der Waals surface area contributed by atoms with Crippen LogP contribution >= 0.6 is 0 Å². The second-order valence-corrected chi connectivity index (χ2v) is 3.14. The van der Waals surface area contributed by atoms with Crippen molar-refractivity contribution in [3.8, 4) is 0 Å². The average molecular weight is 191 g/mol. The molecule has 0 spiro atoms. The van der Waals surface area contributed by atoms with E-state index in [2.05, 4.69) is 29.1 Å². The fourth-order valence-electron chi connectivity index (χ4n) is 1.44. The highest BCUT2D eigenvalue weighted by Gasteiger charge is 2.06. The lowest BCUT2D eigenvalue weighted by atomic mass is 10.1. The van der Waals surface area contributed by atoms with Crippen LogP contribution in [0.2, 0.25) is 0 Å². The van der Waals surface area contributed by atoms with Gasteiger partial charge in [-0.2, -0.15) is 0 Å². The van der Waals surface area contributed by atoms with E-state index in [9.17, 15) is 0 Å². The maximum Gasteiger partial charge on any atom is 0.131 e. The molecule has 0 aromatic carbocycles. The lowest BCUT2D eigenvalue weighted by molar-refractivity contribution is 1.13. The quantitative estimate of drug-likeness (QED) is 0.716. The van der Waals surface area contributed by atoms with Crippen molar-refractivity contribution in [2.24, 2.45) is 0 Å². The third kappa shape index (κ3) is 2.05. The number of aryl methyl sites for hydroxylation is 1. The van der Waals surface area contributed by atoms with Gasteiger partial charge in [-0.3, -0.25) is 0 Å². The summed E-state index contributed by atoms with van der Waals surface area (Å²) in [5.74, 6) is 1.81. The Morgan fingerprint density at radius 2 is 2.14 bits per heavy atom. The van der Waals surface area contributed by atoms with Crippen molar-refractivity contribution >= 4 is 11.6 Å². The lowest BCUT2D eigenvalue weighted by Gasteiger charge is -2.12. The summed E-state index contributed by atoms with van der Waals surface area (Å²) in [7, 11) is 3.75. The second-order valence-electron chi connectivity index (χ2n) is 3.14. The van der Waals surface area contributed by atoms with Gasteiger partial charge in [-0.15, -0.1) is 6.58 Å². The van der Waals surface area contributed by atoms with Crippen LogP contribution in [0.3, 0.4) is 0 Å². The molecule has 76 valence electrons. The molecule has 1 aromatic heterocycles. The van der Waals surface area contributed by atoms with Crippen LogP contribution in [0.1, 0.15) is 11.1 Å². The number of hydrogen-bond donors (Lipinski definition) is 2. The number of nitrogens with one attached hydrogen (secondary N) is 2. The van der Waals surface area contributed by atoms with Crippen molar-refractivity contribution in [2.75, 3.05) is 24.7 Å². The summed E-state index contributed by atoms with van der Waals surface area (Å²) in [6.45, 7) is 5.83. The van der Waals surface area contributed by atoms with E-state index >= 15 is 0 Å². The zero-order chi connectivity index (χ0) is 10.6. The van der Waals surface area contributed by atoms with E-state index in [0.29, 0.717) is 0 Å². The predicted molar refractivity (Wildman–Crippen MR) is 62.0 cm³/mol. The first kappa shape index (κ1) is 10.6. The van der Waals surface area contributed by atoms with Gasteiger partial charge < -0.3 is 10.6 Å². The monoisotopic (exact) mass is 191 g/mol. The number of aromatic nitrogens is 1. The van der Waals surface area contributed by atoms with Crippen LogP contribution in [0.4, 0.5) is 11.6 Å². The van der Waals surface area contributed by atoms with Gasteiger partial charge >= 0.3 is 0 Å². The van der Waals surface area contributed by atoms with Crippen LogP contribution < -0.4 is 10.6 Å². The molecule has 0 aliphatic heterocycles. The fraction of sp³-hybridized carbons (Fsp3) is 0.364. The Labute approximate surface area is 85.3 Å². The minimum atomic E-state index is 0.846. The Morgan fingerprint density at radius 3 is 2.64 bits per heavy atom. The van der Waals surface area contributed by atoms with Gasteiger partial charge in [-0.25, -0.2) is 4.98 Å². The number of allylic oxidation sites excluding steroid dienone is 1. The third-order valence-corrected chi connectivity index (χ3v) is 2.19. The van der Waals surface area contributed by atoms with Crippen LogP contribution in [0.15, 0.2) is 18.7 Å². The van der Waals surface area contributed by atoms with Gasteiger partial charge in [0.2, 0.25) is 0 Å². The van der Waals surface area contributed by atoms with Crippen molar-refractivity contribution in [3.63, 3.8) is 0 Å². The van der Waals surface area contributed by atoms with Crippen LogP contribution in [-0.2, 0) is 6.42 Å². The molecule has 0 atom stereocenters. The standard InChI is InChI=1S/C11H17N3/c1-5-6-9-8(2)7-10(12-3)14-11(9)13-4/h5,7H,1,6H2,2-4H3,(H2,12,13,14). The van der Waals surface area contributed by atoms with Gasteiger partial charge in [0, 0.05) is 19.7 Å². The van der Waals surface area contributed by atoms with Crippen molar-refractivity contribution in [3.05, 3.63) is 29.8 Å². The van der Waals surface area contributed by atoms with Gasteiger partial charge in [-0.1, -0.05) is 6.08 Å². The molecular formula is C11H17N3. The van der Waals surface area contributed by atoms with E-state index in [1.54, 1.807) is 0 Å². The van der Waals surface area contributed by atoms with Crippen molar-refractivity contribution in [1.82, 2.24) is 4.98 Å². The predicted octanol–water partition coefficient (Wildman–Crippen LogP) is 2.20. The number of anilines is 2. The highest BCUT2D eigenvalue weighted by Crippen LogP contribution is 2.21. The summed E-state index contributed by atoms with van der Waals surface area (Å²) < 4.78 is 0. The zero-order valence-electron chi connectivity index (χ0n) is 9.02. The Bertz CT molecular complexity index is 332. The van der Waals surface area contributed by atoms with Gasteiger partial charge in [0.1, 0.15) is 11.6 Å². The van der Waals surface area contributed by atoms with Crippen LogP contribution in [0, 0.1) is 6.92 Å². The van der Waals surface area contributed by atoms with Gasteiger partial charge in [-0.05, 0) is 25.0 Å². The molecule has 3 nitrogen and oxygen atoms in total. The third-order valence-electron chi connectivity index (χ3n) is 2.19. The molecule has 1 rings (SSSR count). The lowest BCUT2D eigenvalue weighted by Crippen LogP contribution is -2.03. The molecule has 1 aromatic rings. The van der Waals surface area contributed by atoms with Gasteiger partial charge in [0.05, 0.1) is 0 Å². The maximum atomic E-state index is 4.42. The number of pyridine rings is 1. The van der Waals surface area contributed by atoms with E-state index in [0.717, 1.165) is 18.1 Å². The molecule has 0 unspecified atom stereocenters. The van der Waals surface area contributed by atoms with Crippen LogP contribution in [-0.4, -0.2) is 19.1 Å². The first-order valence-electron chi connectivity index (χ1n) is 4.69. The highest BCUT2D eigenvalue weighted by molar-refractivity contribution is 5.55. The first-order valence-corrected chi connectivity index (χ1v) is 4.69. The molecule has 0 bridgehead atoms. The summed E-state index contributed by atoms with van der Waals surface area (Å²) in [5, 5.41) is 6.13. The normalized spacial score (nSPS) is 9.64. The van der Waals surface area contributed by atoms with Crippen molar-refractivity contribution in [1.29, 1.82) is 0 Å². The summed E-state index contributed by atoms with van der Waals surface area (Å²) in [5.41, 5.74) is 2.44. The Kier molecular flexibility index (Phi) is 3.51. The molecule has 0 amide bonds. The van der Waals surface area contributed by atoms with Crippen molar-refractivity contribution < 1.29 is 0 Å². The number of rotatable bonds is 4. The SMILES string of the molecule is C=CCc1c(C)cc(NC)nc1NC. The Hall–Kier alpha value is -1.51. The summed E-state index contributed by atoms with van der Waals surface area (Å²) >= 11 is 0. The molecule has 14 heavy (non-hydrogen) atoms. The Morgan fingerprint density at radius 1 is 1.43 bits per heavy atom.